The Labute approximate surface area is 235 Å². The van der Waals surface area contributed by atoms with Crippen molar-refractivity contribution in [1.82, 2.24) is 4.90 Å². The van der Waals surface area contributed by atoms with Crippen molar-refractivity contribution in [1.29, 1.82) is 0 Å². The lowest BCUT2D eigenvalue weighted by molar-refractivity contribution is -0.137. The molecular weight excluding hydrogens is 520 g/mol. The number of unbranched alkanes of at least 4 members (excludes halogenated alkanes) is 1. The first-order chi connectivity index (χ1) is 18.7. The number of carbonyl (C=O) groups excluding carboxylic acids is 1. The van der Waals surface area contributed by atoms with Crippen molar-refractivity contribution >= 4 is 40.9 Å². The van der Waals surface area contributed by atoms with Gasteiger partial charge < -0.3 is 19.8 Å². The zero-order chi connectivity index (χ0) is 28.6. The van der Waals surface area contributed by atoms with E-state index in [0.717, 1.165) is 56.9 Å². The number of para-hydroxylation sites is 1. The fourth-order valence-electron chi connectivity index (χ4n) is 4.24. The third-order valence-corrected chi connectivity index (χ3v) is 6.35. The number of benzene rings is 2. The van der Waals surface area contributed by atoms with Gasteiger partial charge in [-0.1, -0.05) is 48.9 Å². The van der Waals surface area contributed by atoms with E-state index < -0.39 is 11.9 Å². The lowest BCUT2D eigenvalue weighted by Gasteiger charge is -2.28. The number of rotatable bonds is 12. The molecule has 0 bridgehead atoms. The molecule has 9 heteroatoms. The van der Waals surface area contributed by atoms with Gasteiger partial charge in [-0.05, 0) is 75.0 Å². The van der Waals surface area contributed by atoms with Gasteiger partial charge in [-0.15, -0.1) is 0 Å². The van der Waals surface area contributed by atoms with Crippen molar-refractivity contribution < 1.29 is 29.3 Å². The Morgan fingerprint density at radius 1 is 0.949 bits per heavy atom. The van der Waals surface area contributed by atoms with E-state index >= 15 is 0 Å². The number of halogens is 1. The first kappa shape index (κ1) is 31.6. The summed E-state index contributed by atoms with van der Waals surface area (Å²) in [6.07, 6.45) is 8.80. The van der Waals surface area contributed by atoms with Gasteiger partial charge in [0.25, 0.3) is 0 Å². The second-order valence-electron chi connectivity index (χ2n) is 8.82. The van der Waals surface area contributed by atoms with Crippen LogP contribution in [0.4, 0.5) is 11.4 Å². The Morgan fingerprint density at radius 3 is 2.26 bits per heavy atom. The molecule has 3 rings (SSSR count). The van der Waals surface area contributed by atoms with Gasteiger partial charge in [0, 0.05) is 47.7 Å². The molecule has 0 aromatic heterocycles. The summed E-state index contributed by atoms with van der Waals surface area (Å²) in [5, 5.41) is 16.4. The minimum absolute atomic E-state index is 0.268. The molecule has 0 unspecified atom stereocenters. The van der Waals surface area contributed by atoms with Crippen molar-refractivity contribution in [2.75, 3.05) is 37.7 Å². The SMILES string of the molecule is CCOC(=O)/C=C/CN(CC)CCCCN1c2ccccc2CCc2ccc(Cl)cc21.O=C(O)/C=C\C(=O)O. The summed E-state index contributed by atoms with van der Waals surface area (Å²) in [7, 11) is 0. The summed E-state index contributed by atoms with van der Waals surface area (Å²) >= 11 is 6.36. The number of carbonyl (C=O) groups is 3. The molecule has 0 radical (unpaired) electrons. The average Bonchev–Trinajstić information content (AvgIpc) is 3.06. The van der Waals surface area contributed by atoms with Gasteiger partial charge in [-0.3, -0.25) is 4.90 Å². The minimum Gasteiger partial charge on any atom is -0.478 e. The Morgan fingerprint density at radius 2 is 1.62 bits per heavy atom. The van der Waals surface area contributed by atoms with Crippen molar-refractivity contribution in [3.63, 3.8) is 0 Å². The molecule has 0 saturated heterocycles. The number of likely N-dealkylation sites (N-methyl/N-ethyl adjacent to an activating group) is 1. The molecule has 8 nitrogen and oxygen atoms in total. The molecule has 0 spiro atoms. The summed E-state index contributed by atoms with van der Waals surface area (Å²) in [6.45, 7) is 8.07. The van der Waals surface area contributed by atoms with Crippen molar-refractivity contribution in [3.05, 3.63) is 82.9 Å². The van der Waals surface area contributed by atoms with Gasteiger partial charge in [0.05, 0.1) is 6.61 Å². The van der Waals surface area contributed by atoms with E-state index in [-0.39, 0.29) is 5.97 Å². The van der Waals surface area contributed by atoms with Crippen LogP contribution in [0.5, 0.6) is 0 Å². The number of ether oxygens (including phenoxy) is 1. The topological polar surface area (TPSA) is 107 Å². The largest absolute Gasteiger partial charge is 0.478 e. The molecule has 0 saturated carbocycles. The van der Waals surface area contributed by atoms with Crippen LogP contribution < -0.4 is 4.90 Å². The Hall–Kier alpha value is -3.62. The van der Waals surface area contributed by atoms with Crippen molar-refractivity contribution in [3.8, 4) is 0 Å². The van der Waals surface area contributed by atoms with Gasteiger partial charge in [-0.25, -0.2) is 14.4 Å². The van der Waals surface area contributed by atoms with E-state index in [1.54, 1.807) is 0 Å². The smallest absolute Gasteiger partial charge is 0.330 e. The third-order valence-electron chi connectivity index (χ3n) is 6.11. The number of aliphatic carboxylic acids is 2. The van der Waals surface area contributed by atoms with Crippen molar-refractivity contribution in [2.24, 2.45) is 0 Å². The third kappa shape index (κ3) is 11.3. The van der Waals surface area contributed by atoms with Gasteiger partial charge in [0.1, 0.15) is 0 Å². The van der Waals surface area contributed by atoms with Crippen LogP contribution in [0.15, 0.2) is 66.8 Å². The molecule has 1 aliphatic rings. The lowest BCUT2D eigenvalue weighted by atomic mass is 10.0. The van der Waals surface area contributed by atoms with Gasteiger partial charge in [0.2, 0.25) is 0 Å². The molecule has 2 N–H and O–H groups in total. The highest BCUT2D eigenvalue weighted by Crippen LogP contribution is 2.37. The number of carboxylic acid groups (broad SMARTS) is 2. The minimum atomic E-state index is -1.26. The fraction of sp³-hybridized carbons (Fsp3) is 0.367. The Bertz CT molecular complexity index is 1150. The lowest BCUT2D eigenvalue weighted by Crippen LogP contribution is -2.26. The first-order valence-corrected chi connectivity index (χ1v) is 13.5. The average molecular weight is 557 g/mol. The standard InChI is InChI=1S/C26H33ClN2O2.C4H4O4/c1-3-28(18-9-12-26(30)31-4-2)17-7-8-19-29-24-11-6-5-10-21(24)13-14-22-15-16-23(27)20-25(22)29;5-3(6)1-2-4(7)8/h5-6,9-12,15-16,20H,3-4,7-8,13-14,17-19H2,1-2H3;1-2H,(H,5,6)(H,7,8)/b12-9+;2-1-. The van der Waals surface area contributed by atoms with Crippen LogP contribution in [0.1, 0.15) is 37.8 Å². The number of esters is 1. The highest BCUT2D eigenvalue weighted by Gasteiger charge is 2.20. The van der Waals surface area contributed by atoms with Crippen molar-refractivity contribution in [2.45, 2.75) is 39.5 Å². The van der Waals surface area contributed by atoms with Crippen LogP contribution in [-0.4, -0.2) is 65.8 Å². The maximum atomic E-state index is 11.5. The fourth-order valence-corrected chi connectivity index (χ4v) is 4.41. The number of carboxylic acids is 2. The highest BCUT2D eigenvalue weighted by molar-refractivity contribution is 6.30. The van der Waals surface area contributed by atoms with Crippen LogP contribution in [0.3, 0.4) is 0 Å². The number of fused-ring (bicyclic) bond motifs is 2. The van der Waals surface area contributed by atoms with E-state index in [9.17, 15) is 14.4 Å². The van der Waals surface area contributed by atoms with E-state index in [2.05, 4.69) is 53.1 Å². The number of aryl methyl sites for hydroxylation is 2. The number of hydrogen-bond donors (Lipinski definition) is 2. The second-order valence-corrected chi connectivity index (χ2v) is 9.25. The van der Waals surface area contributed by atoms with Crippen LogP contribution in [-0.2, 0) is 32.0 Å². The van der Waals surface area contributed by atoms with E-state index in [1.165, 1.54) is 28.6 Å². The molecule has 210 valence electrons. The van der Waals surface area contributed by atoms with Gasteiger partial charge in [-0.2, -0.15) is 0 Å². The molecule has 2 aromatic rings. The number of anilines is 2. The number of hydrogen-bond acceptors (Lipinski definition) is 6. The molecule has 1 aliphatic heterocycles. The van der Waals surface area contributed by atoms with Gasteiger partial charge >= 0.3 is 17.9 Å². The van der Waals surface area contributed by atoms with E-state index in [0.29, 0.717) is 18.8 Å². The molecule has 0 amide bonds. The highest BCUT2D eigenvalue weighted by atomic mass is 35.5. The predicted octanol–water partition coefficient (Wildman–Crippen LogP) is 5.51. The number of nitrogens with zero attached hydrogens (tertiary/aromatic N) is 2. The van der Waals surface area contributed by atoms with Crippen LogP contribution in [0.2, 0.25) is 5.02 Å². The monoisotopic (exact) mass is 556 g/mol. The normalized spacial score (nSPS) is 12.5. The Balaban J connectivity index is 0.000000580. The zero-order valence-electron chi connectivity index (χ0n) is 22.5. The summed E-state index contributed by atoms with van der Waals surface area (Å²) in [4.78, 5) is 35.4. The zero-order valence-corrected chi connectivity index (χ0v) is 23.3. The van der Waals surface area contributed by atoms with Gasteiger partial charge in [0.15, 0.2) is 0 Å². The summed E-state index contributed by atoms with van der Waals surface area (Å²) in [5.41, 5.74) is 5.30. The van der Waals surface area contributed by atoms with E-state index in [1.807, 2.05) is 19.1 Å². The maximum Gasteiger partial charge on any atom is 0.330 e. The first-order valence-electron chi connectivity index (χ1n) is 13.1. The Kier molecular flexibility index (Phi) is 13.8. The maximum absolute atomic E-state index is 11.5. The molecule has 0 aliphatic carbocycles. The molecule has 39 heavy (non-hydrogen) atoms. The summed E-state index contributed by atoms with van der Waals surface area (Å²) in [6, 6.07) is 15.0. The molecular formula is C30H37ClN2O6. The summed E-state index contributed by atoms with van der Waals surface area (Å²) < 4.78 is 4.94. The predicted molar refractivity (Wildman–Crippen MR) is 154 cm³/mol. The molecule has 1 heterocycles. The van der Waals surface area contributed by atoms with Crippen LogP contribution in [0, 0.1) is 0 Å². The van der Waals surface area contributed by atoms with Crippen LogP contribution in [0.25, 0.3) is 0 Å². The second kappa shape index (κ2) is 17.1. The molecule has 0 fully saturated rings. The van der Waals surface area contributed by atoms with Crippen LogP contribution >= 0.6 is 11.6 Å². The summed E-state index contributed by atoms with van der Waals surface area (Å²) in [5.74, 6) is -2.78. The van der Waals surface area contributed by atoms with E-state index in [4.69, 9.17) is 26.6 Å². The quantitative estimate of drug-likeness (QED) is 0.200. The molecule has 2 aromatic carbocycles. The molecule has 0 atom stereocenters.